The van der Waals surface area contributed by atoms with Crippen LogP contribution in [0, 0.1) is 11.8 Å². The maximum atomic E-state index is 14.0. The van der Waals surface area contributed by atoms with Gasteiger partial charge in [-0.3, -0.25) is 14.4 Å². The van der Waals surface area contributed by atoms with Crippen LogP contribution in [0.15, 0.2) is 48.5 Å². The highest BCUT2D eigenvalue weighted by Crippen LogP contribution is 2.33. The second kappa shape index (κ2) is 11.9. The van der Waals surface area contributed by atoms with Crippen molar-refractivity contribution in [1.82, 2.24) is 15.1 Å². The van der Waals surface area contributed by atoms with Crippen molar-refractivity contribution in [1.29, 1.82) is 0 Å². The van der Waals surface area contributed by atoms with E-state index in [-0.39, 0.29) is 29.6 Å². The zero-order valence-electron chi connectivity index (χ0n) is 22.4. The van der Waals surface area contributed by atoms with Crippen molar-refractivity contribution >= 4 is 17.7 Å². The Bertz CT molecular complexity index is 1090. The number of carbonyl (C=O) groups is 3. The van der Waals surface area contributed by atoms with Crippen LogP contribution in [0.25, 0.3) is 0 Å². The van der Waals surface area contributed by atoms with Gasteiger partial charge in [0.1, 0.15) is 12.1 Å². The van der Waals surface area contributed by atoms with Crippen molar-refractivity contribution in [3.63, 3.8) is 0 Å². The molecule has 1 N–H and O–H groups in total. The number of nitrogens with one attached hydrogen (secondary N) is 1. The van der Waals surface area contributed by atoms with Gasteiger partial charge >= 0.3 is 0 Å². The van der Waals surface area contributed by atoms with Gasteiger partial charge in [-0.25, -0.2) is 0 Å². The Kier molecular flexibility index (Phi) is 8.64. The van der Waals surface area contributed by atoms with E-state index in [0.717, 1.165) is 31.2 Å². The lowest BCUT2D eigenvalue weighted by Crippen LogP contribution is -2.66. The molecule has 0 radical (unpaired) electrons. The van der Waals surface area contributed by atoms with Crippen LogP contribution in [0.2, 0.25) is 0 Å². The first-order chi connectivity index (χ1) is 17.9. The molecule has 0 unspecified atom stereocenters. The SMILES string of the molecule is CCC(CC)[C@@H]1C(=O)N[C@H](C2Cc3ccccc3C2)C(=O)N1Cc1ccc(C(=O)N(C)CCOC)cc1. The summed E-state index contributed by atoms with van der Waals surface area (Å²) >= 11 is 0. The largest absolute Gasteiger partial charge is 0.383 e. The standard InChI is InChI=1S/C30H39N3O4/c1-5-21(6-2)27-28(34)31-26(25-17-23-9-7-8-10-24(23)18-25)30(36)33(27)19-20-11-13-22(14-12-20)29(35)32(3)15-16-37-4/h7-14,21,25-27H,5-6,15-19H2,1-4H3,(H,31,34)/t26-,27-/m1/s1. The number of carbonyl (C=O) groups excluding carboxylic acids is 3. The maximum absolute atomic E-state index is 14.0. The van der Waals surface area contributed by atoms with Crippen LogP contribution in [0.3, 0.4) is 0 Å². The number of rotatable bonds is 10. The summed E-state index contributed by atoms with van der Waals surface area (Å²) in [7, 11) is 3.36. The second-order valence-electron chi connectivity index (χ2n) is 10.3. The van der Waals surface area contributed by atoms with Gasteiger partial charge in [0, 0.05) is 32.8 Å². The summed E-state index contributed by atoms with van der Waals surface area (Å²) in [6.07, 6.45) is 3.23. The molecule has 0 aromatic heterocycles. The lowest BCUT2D eigenvalue weighted by atomic mass is 9.86. The molecule has 1 aliphatic heterocycles. The molecule has 2 aromatic carbocycles. The number of amides is 3. The maximum Gasteiger partial charge on any atom is 0.253 e. The molecule has 0 spiro atoms. The molecule has 2 aliphatic rings. The molecule has 7 heteroatoms. The smallest absolute Gasteiger partial charge is 0.253 e. The Balaban J connectivity index is 1.55. The number of hydrogen-bond donors (Lipinski definition) is 1. The number of fused-ring (bicyclic) bond motifs is 1. The van der Waals surface area contributed by atoms with E-state index in [9.17, 15) is 14.4 Å². The minimum absolute atomic E-state index is 0.00578. The monoisotopic (exact) mass is 505 g/mol. The van der Waals surface area contributed by atoms with Gasteiger partial charge < -0.3 is 19.9 Å². The van der Waals surface area contributed by atoms with Crippen LogP contribution >= 0.6 is 0 Å². The van der Waals surface area contributed by atoms with E-state index in [4.69, 9.17) is 4.74 Å². The van der Waals surface area contributed by atoms with Crippen molar-refractivity contribution in [3.8, 4) is 0 Å². The first kappa shape index (κ1) is 26.9. The second-order valence-corrected chi connectivity index (χ2v) is 10.3. The van der Waals surface area contributed by atoms with Gasteiger partial charge in [-0.1, -0.05) is 63.1 Å². The van der Waals surface area contributed by atoms with Crippen LogP contribution in [-0.4, -0.2) is 66.9 Å². The number of nitrogens with zero attached hydrogens (tertiary/aromatic N) is 2. The molecule has 1 saturated heterocycles. The van der Waals surface area contributed by atoms with Gasteiger partial charge in [-0.15, -0.1) is 0 Å². The van der Waals surface area contributed by atoms with E-state index < -0.39 is 12.1 Å². The summed E-state index contributed by atoms with van der Waals surface area (Å²) in [6.45, 7) is 5.48. The molecule has 4 rings (SSSR count). The number of benzene rings is 2. The zero-order valence-corrected chi connectivity index (χ0v) is 22.4. The molecule has 7 nitrogen and oxygen atoms in total. The summed E-state index contributed by atoms with van der Waals surface area (Å²) < 4.78 is 5.07. The molecule has 1 aliphatic carbocycles. The lowest BCUT2D eigenvalue weighted by molar-refractivity contribution is -0.154. The number of methoxy groups -OCH3 is 1. The van der Waals surface area contributed by atoms with E-state index in [1.54, 1.807) is 36.1 Å². The van der Waals surface area contributed by atoms with Crippen LogP contribution in [-0.2, 0) is 33.7 Å². The van der Waals surface area contributed by atoms with Crippen LogP contribution < -0.4 is 5.32 Å². The van der Waals surface area contributed by atoms with Crippen LogP contribution in [0.5, 0.6) is 0 Å². The number of likely N-dealkylation sites (N-methyl/N-ethyl adjacent to an activating group) is 1. The topological polar surface area (TPSA) is 79.0 Å². The summed E-state index contributed by atoms with van der Waals surface area (Å²) in [5.74, 6) is 0.00461. The molecule has 1 fully saturated rings. The third kappa shape index (κ3) is 5.72. The molecule has 0 saturated carbocycles. The summed E-state index contributed by atoms with van der Waals surface area (Å²) in [5.41, 5.74) is 4.02. The first-order valence-electron chi connectivity index (χ1n) is 13.4. The average Bonchev–Trinajstić information content (AvgIpc) is 3.35. The fourth-order valence-corrected chi connectivity index (χ4v) is 5.79. The molecule has 37 heavy (non-hydrogen) atoms. The van der Waals surface area contributed by atoms with Crippen molar-refractivity contribution < 1.29 is 19.1 Å². The Morgan fingerprint density at radius 1 is 1.05 bits per heavy atom. The molecule has 0 bridgehead atoms. The molecular formula is C30H39N3O4. The third-order valence-corrected chi connectivity index (χ3v) is 8.03. The molecule has 2 aromatic rings. The minimum Gasteiger partial charge on any atom is -0.383 e. The Morgan fingerprint density at radius 2 is 1.68 bits per heavy atom. The average molecular weight is 506 g/mol. The predicted molar refractivity (Wildman–Crippen MR) is 143 cm³/mol. The van der Waals surface area contributed by atoms with Crippen LogP contribution in [0.4, 0.5) is 0 Å². The molecule has 1 heterocycles. The fourth-order valence-electron chi connectivity index (χ4n) is 5.79. The van der Waals surface area contributed by atoms with E-state index in [1.807, 2.05) is 24.3 Å². The Labute approximate surface area is 220 Å². The van der Waals surface area contributed by atoms with Gasteiger partial charge in [0.2, 0.25) is 11.8 Å². The highest BCUT2D eigenvalue weighted by molar-refractivity contribution is 5.97. The van der Waals surface area contributed by atoms with E-state index >= 15 is 0 Å². The van der Waals surface area contributed by atoms with E-state index in [2.05, 4.69) is 31.3 Å². The van der Waals surface area contributed by atoms with Gasteiger partial charge in [-0.2, -0.15) is 0 Å². The van der Waals surface area contributed by atoms with Gasteiger partial charge in [-0.05, 0) is 53.5 Å². The molecule has 198 valence electrons. The quantitative estimate of drug-likeness (QED) is 0.537. The van der Waals surface area contributed by atoms with Crippen molar-refractivity contribution in [2.24, 2.45) is 11.8 Å². The predicted octanol–water partition coefficient (Wildman–Crippen LogP) is 3.45. The van der Waals surface area contributed by atoms with E-state index in [0.29, 0.717) is 25.3 Å². The molecule has 2 atom stereocenters. The zero-order chi connectivity index (χ0) is 26.5. The van der Waals surface area contributed by atoms with Crippen molar-refractivity contribution in [3.05, 3.63) is 70.8 Å². The third-order valence-electron chi connectivity index (χ3n) is 8.03. The molecule has 3 amide bonds. The summed E-state index contributed by atoms with van der Waals surface area (Å²) in [6, 6.07) is 14.6. The van der Waals surface area contributed by atoms with Crippen molar-refractivity contribution in [2.75, 3.05) is 27.3 Å². The number of hydrogen-bond acceptors (Lipinski definition) is 4. The fraction of sp³-hybridized carbons (Fsp3) is 0.500. The lowest BCUT2D eigenvalue weighted by Gasteiger charge is -2.43. The molecular weight excluding hydrogens is 466 g/mol. The Hall–Kier alpha value is -3.19. The highest BCUT2D eigenvalue weighted by Gasteiger charge is 2.46. The normalized spacial score (nSPS) is 19.8. The van der Waals surface area contributed by atoms with Gasteiger partial charge in [0.25, 0.3) is 5.91 Å². The van der Waals surface area contributed by atoms with Gasteiger partial charge in [0.05, 0.1) is 6.61 Å². The summed E-state index contributed by atoms with van der Waals surface area (Å²) in [4.78, 5) is 43.6. The first-order valence-corrected chi connectivity index (χ1v) is 13.4. The Morgan fingerprint density at radius 3 is 2.24 bits per heavy atom. The highest BCUT2D eigenvalue weighted by atomic mass is 16.5. The summed E-state index contributed by atoms with van der Waals surface area (Å²) in [5, 5.41) is 3.12. The minimum atomic E-state index is -0.527. The van der Waals surface area contributed by atoms with Crippen molar-refractivity contribution in [2.45, 2.75) is 58.2 Å². The van der Waals surface area contributed by atoms with Gasteiger partial charge in [0.15, 0.2) is 0 Å². The van der Waals surface area contributed by atoms with Crippen LogP contribution in [0.1, 0.15) is 53.7 Å². The number of ether oxygens (including phenoxy) is 1. The van der Waals surface area contributed by atoms with E-state index in [1.165, 1.54) is 11.1 Å². The number of piperazine rings is 1.